The minimum atomic E-state index is -1.10. The maximum atomic E-state index is 13.8. The Hall–Kier alpha value is -5.18. The number of hydrogen-bond donors (Lipinski definition) is 2. The second-order valence-electron chi connectivity index (χ2n) is 9.16. The molecule has 1 fully saturated rings. The lowest BCUT2D eigenvalue weighted by Crippen LogP contribution is -2.30. The van der Waals surface area contributed by atoms with Gasteiger partial charge in [0, 0.05) is 5.56 Å². The maximum absolute atomic E-state index is 13.8. The number of halogens is 1. The molecule has 39 heavy (non-hydrogen) atoms. The molecule has 0 saturated carbocycles. The third-order valence-electron chi connectivity index (χ3n) is 6.60. The lowest BCUT2D eigenvalue weighted by molar-refractivity contribution is -0.132. The van der Waals surface area contributed by atoms with Crippen molar-refractivity contribution in [1.29, 1.82) is 0 Å². The number of carbonyl (C=O) groups is 2. The summed E-state index contributed by atoms with van der Waals surface area (Å²) in [6.07, 6.45) is 1.41. The maximum Gasteiger partial charge on any atom is 0.302 e. The highest BCUT2D eigenvalue weighted by Crippen LogP contribution is 2.42. The Bertz CT molecular complexity index is 1740. The number of imidazole rings is 1. The number of aryl methyl sites for hydroxylation is 1. The molecule has 1 amide bonds. The molecule has 194 valence electrons. The number of amides is 1. The van der Waals surface area contributed by atoms with Crippen molar-refractivity contribution in [2.45, 2.75) is 19.6 Å². The third kappa shape index (κ3) is 4.33. The van der Waals surface area contributed by atoms with Crippen LogP contribution in [0.1, 0.15) is 28.5 Å². The first-order valence-corrected chi connectivity index (χ1v) is 12.2. The van der Waals surface area contributed by atoms with E-state index in [2.05, 4.69) is 9.97 Å². The summed E-state index contributed by atoms with van der Waals surface area (Å²) in [5.74, 6) is -1.75. The fourth-order valence-corrected chi connectivity index (χ4v) is 4.70. The Morgan fingerprint density at radius 3 is 2.64 bits per heavy atom. The fourth-order valence-electron chi connectivity index (χ4n) is 4.70. The zero-order valence-corrected chi connectivity index (χ0v) is 20.7. The van der Waals surface area contributed by atoms with Crippen LogP contribution in [-0.2, 0) is 16.2 Å². The van der Waals surface area contributed by atoms with Crippen molar-refractivity contribution in [3.8, 4) is 5.75 Å². The van der Waals surface area contributed by atoms with Gasteiger partial charge in [0.2, 0.25) is 5.95 Å². The number of H-pyrrole nitrogens is 1. The molecule has 9 heteroatoms. The molecular formula is C30H22FN3O5. The van der Waals surface area contributed by atoms with Crippen LogP contribution >= 0.6 is 0 Å². The number of ketones is 1. The monoisotopic (exact) mass is 523 g/mol. The van der Waals surface area contributed by atoms with Gasteiger partial charge in [-0.2, -0.15) is 0 Å². The molecule has 1 aliphatic heterocycles. The van der Waals surface area contributed by atoms with Gasteiger partial charge in [-0.3, -0.25) is 14.5 Å². The smallest absolute Gasteiger partial charge is 0.302 e. The Balaban J connectivity index is 1.39. The van der Waals surface area contributed by atoms with Crippen molar-refractivity contribution in [2.24, 2.45) is 0 Å². The number of aliphatic hydroxyl groups excluding tert-OH is 1. The van der Waals surface area contributed by atoms with Gasteiger partial charge < -0.3 is 19.2 Å². The number of benzene rings is 3. The van der Waals surface area contributed by atoms with E-state index < -0.39 is 23.5 Å². The first-order chi connectivity index (χ1) is 18.9. The van der Waals surface area contributed by atoms with Crippen LogP contribution < -0.4 is 9.64 Å². The molecular weight excluding hydrogens is 501 g/mol. The van der Waals surface area contributed by atoms with Gasteiger partial charge in [-0.25, -0.2) is 9.37 Å². The lowest BCUT2D eigenvalue weighted by atomic mass is 9.98. The van der Waals surface area contributed by atoms with E-state index >= 15 is 0 Å². The number of anilines is 1. The lowest BCUT2D eigenvalue weighted by Gasteiger charge is -2.20. The summed E-state index contributed by atoms with van der Waals surface area (Å²) in [5.41, 5.74) is 2.69. The molecule has 2 aromatic heterocycles. The Morgan fingerprint density at radius 1 is 1.08 bits per heavy atom. The Kier molecular flexibility index (Phi) is 5.95. The average Bonchev–Trinajstić information content (AvgIpc) is 3.67. The highest BCUT2D eigenvalue weighted by Gasteiger charge is 2.49. The van der Waals surface area contributed by atoms with Gasteiger partial charge in [-0.1, -0.05) is 30.3 Å². The fraction of sp³-hybridized carbons (Fsp3) is 0.100. The van der Waals surface area contributed by atoms with Crippen LogP contribution in [0.5, 0.6) is 5.75 Å². The number of nitrogens with zero attached hydrogens (tertiary/aromatic N) is 2. The number of aliphatic hydroxyl groups is 1. The summed E-state index contributed by atoms with van der Waals surface area (Å²) in [6.45, 7) is 2.20. The minimum absolute atomic E-state index is 0.0268. The van der Waals surface area contributed by atoms with E-state index in [1.54, 1.807) is 30.3 Å². The van der Waals surface area contributed by atoms with Crippen LogP contribution in [0, 0.1) is 12.7 Å². The van der Waals surface area contributed by atoms with Gasteiger partial charge in [-0.05, 0) is 66.6 Å². The molecule has 1 aliphatic rings. The summed E-state index contributed by atoms with van der Waals surface area (Å²) in [7, 11) is 0. The number of carbonyl (C=O) groups excluding carboxylic acids is 2. The zero-order valence-electron chi connectivity index (χ0n) is 20.7. The number of hydrogen-bond acceptors (Lipinski definition) is 6. The predicted molar refractivity (Wildman–Crippen MR) is 141 cm³/mol. The predicted octanol–water partition coefficient (Wildman–Crippen LogP) is 5.81. The summed E-state index contributed by atoms with van der Waals surface area (Å²) in [6, 6.07) is 20.8. The van der Waals surface area contributed by atoms with Gasteiger partial charge in [0.25, 0.3) is 5.78 Å². The van der Waals surface area contributed by atoms with Gasteiger partial charge in [0.15, 0.2) is 0 Å². The van der Waals surface area contributed by atoms with Crippen molar-refractivity contribution < 1.29 is 28.2 Å². The largest absolute Gasteiger partial charge is 0.507 e. The first-order valence-electron chi connectivity index (χ1n) is 12.2. The number of aromatic amines is 1. The summed E-state index contributed by atoms with van der Waals surface area (Å²) in [4.78, 5) is 35.0. The Labute approximate surface area is 222 Å². The number of aromatic nitrogens is 2. The Morgan fingerprint density at radius 2 is 1.90 bits per heavy atom. The van der Waals surface area contributed by atoms with Crippen molar-refractivity contribution >= 4 is 34.4 Å². The number of Topliss-reactive ketones (excluding diaryl/α,β-unsaturated/α-hetero) is 1. The molecule has 2 N–H and O–H groups in total. The van der Waals surface area contributed by atoms with Gasteiger partial charge in [-0.15, -0.1) is 0 Å². The number of furan rings is 1. The van der Waals surface area contributed by atoms with Crippen LogP contribution in [-0.4, -0.2) is 26.8 Å². The number of fused-ring (bicyclic) bond motifs is 1. The van der Waals surface area contributed by atoms with Crippen molar-refractivity contribution in [3.63, 3.8) is 0 Å². The quantitative estimate of drug-likeness (QED) is 0.165. The molecule has 8 nitrogen and oxygen atoms in total. The SMILES string of the molecule is Cc1cc(/C(O)=C2\C(=O)C(=O)N(c3nc4ccc(F)cc4[nH]3)C2c2ccco2)ccc1OCc1ccccc1. The van der Waals surface area contributed by atoms with E-state index in [1.807, 2.05) is 37.3 Å². The van der Waals surface area contributed by atoms with Crippen LogP contribution in [0.4, 0.5) is 10.3 Å². The highest BCUT2D eigenvalue weighted by atomic mass is 19.1. The van der Waals surface area contributed by atoms with E-state index in [-0.39, 0.29) is 23.0 Å². The van der Waals surface area contributed by atoms with Crippen LogP contribution in [0.15, 0.2) is 95.1 Å². The molecule has 5 aromatic rings. The number of ether oxygens (including phenoxy) is 1. The van der Waals surface area contributed by atoms with Crippen LogP contribution in [0.25, 0.3) is 16.8 Å². The van der Waals surface area contributed by atoms with E-state index in [4.69, 9.17) is 9.15 Å². The molecule has 3 aromatic carbocycles. The molecule has 3 heterocycles. The highest BCUT2D eigenvalue weighted by molar-refractivity contribution is 6.51. The van der Waals surface area contributed by atoms with Gasteiger partial charge >= 0.3 is 5.91 Å². The van der Waals surface area contributed by atoms with Crippen molar-refractivity contribution in [2.75, 3.05) is 4.90 Å². The second-order valence-corrected chi connectivity index (χ2v) is 9.16. The molecule has 0 radical (unpaired) electrons. The van der Waals surface area contributed by atoms with Crippen LogP contribution in [0.3, 0.4) is 0 Å². The third-order valence-corrected chi connectivity index (χ3v) is 6.60. The minimum Gasteiger partial charge on any atom is -0.507 e. The molecule has 1 saturated heterocycles. The van der Waals surface area contributed by atoms with Crippen LogP contribution in [0.2, 0.25) is 0 Å². The van der Waals surface area contributed by atoms with Crippen molar-refractivity contribution in [1.82, 2.24) is 9.97 Å². The summed E-state index contributed by atoms with van der Waals surface area (Å²) >= 11 is 0. The number of nitrogens with one attached hydrogen (secondary N) is 1. The molecule has 0 spiro atoms. The van der Waals surface area contributed by atoms with E-state index in [0.717, 1.165) is 16.0 Å². The zero-order chi connectivity index (χ0) is 27.1. The topological polar surface area (TPSA) is 109 Å². The molecule has 0 aliphatic carbocycles. The molecule has 1 atom stereocenters. The van der Waals surface area contributed by atoms with Gasteiger partial charge in [0.1, 0.15) is 35.7 Å². The first kappa shape index (κ1) is 24.2. The summed E-state index contributed by atoms with van der Waals surface area (Å²) in [5, 5.41) is 11.4. The second kappa shape index (κ2) is 9.60. The average molecular weight is 524 g/mol. The molecule has 1 unspecified atom stereocenters. The van der Waals surface area contributed by atoms with Crippen molar-refractivity contribution in [3.05, 3.63) is 119 Å². The van der Waals surface area contributed by atoms with E-state index in [9.17, 15) is 19.1 Å². The normalized spacial score (nSPS) is 16.8. The molecule has 0 bridgehead atoms. The van der Waals surface area contributed by atoms with E-state index in [1.165, 1.54) is 24.5 Å². The summed E-state index contributed by atoms with van der Waals surface area (Å²) < 4.78 is 25.3. The van der Waals surface area contributed by atoms with Gasteiger partial charge in [0.05, 0.1) is 22.9 Å². The number of rotatable bonds is 6. The standard InChI is InChI=1S/C30H22FN3O5/c1-17-14-19(9-12-23(17)39-16-18-6-3-2-4-7-18)27(35)25-26(24-8-5-13-38-24)34(29(37)28(25)36)30-32-21-11-10-20(31)15-22(21)33-30/h2-15,26,35H,16H2,1H3,(H,32,33)/b27-25+. The molecule has 6 rings (SSSR count). The van der Waals surface area contributed by atoms with E-state index in [0.29, 0.717) is 29.0 Å².